The van der Waals surface area contributed by atoms with Gasteiger partial charge in [0.25, 0.3) is 9.84 Å². The molecule has 1 aliphatic rings. The van der Waals surface area contributed by atoms with Gasteiger partial charge in [0.2, 0.25) is 0 Å². The lowest BCUT2D eigenvalue weighted by molar-refractivity contribution is -0.0436. The maximum Gasteiger partial charge on any atom is 0.501 e. The summed E-state index contributed by atoms with van der Waals surface area (Å²) in [4.78, 5) is 10.8. The summed E-state index contributed by atoms with van der Waals surface area (Å²) < 4.78 is 61.0. The van der Waals surface area contributed by atoms with Crippen LogP contribution in [0.5, 0.6) is 0 Å². The van der Waals surface area contributed by atoms with Crippen LogP contribution in [0, 0.1) is 0 Å². The first-order chi connectivity index (χ1) is 9.20. The standard InChI is InChI=1S/C13H11F3O3S/c1-2-3-8-4-7-11(20(18,19)13(14,15)16)12-9(8)5-6-10(12)17/h2,4,7H,1,3,5-6H2. The first-order valence-electron chi connectivity index (χ1n) is 5.80. The Balaban J connectivity index is 2.73. The Morgan fingerprint density at radius 3 is 2.45 bits per heavy atom. The van der Waals surface area contributed by atoms with Gasteiger partial charge in [0.1, 0.15) is 0 Å². The Kier molecular flexibility index (Phi) is 3.49. The van der Waals surface area contributed by atoms with E-state index in [4.69, 9.17) is 0 Å². The molecule has 1 aliphatic carbocycles. The number of rotatable bonds is 3. The Bertz CT molecular complexity index is 688. The minimum Gasteiger partial charge on any atom is -0.294 e. The SMILES string of the molecule is C=CCc1ccc(S(=O)(=O)C(F)(F)F)c2c1CCC2=O. The van der Waals surface area contributed by atoms with Gasteiger partial charge < -0.3 is 0 Å². The summed E-state index contributed by atoms with van der Waals surface area (Å²) in [6.45, 7) is 3.53. The maximum atomic E-state index is 12.6. The van der Waals surface area contributed by atoms with E-state index in [9.17, 15) is 26.4 Å². The number of carbonyl (C=O) groups excluding carboxylic acids is 1. The summed E-state index contributed by atoms with van der Waals surface area (Å²) in [7, 11) is -5.51. The molecule has 0 fully saturated rings. The van der Waals surface area contributed by atoms with Crippen LogP contribution in [0.1, 0.15) is 27.9 Å². The molecular weight excluding hydrogens is 293 g/mol. The van der Waals surface area contributed by atoms with Crippen LogP contribution in [0.4, 0.5) is 13.2 Å². The summed E-state index contributed by atoms with van der Waals surface area (Å²) in [6, 6.07) is 2.18. The molecule has 0 bridgehead atoms. The van der Waals surface area contributed by atoms with Crippen molar-refractivity contribution in [3.8, 4) is 0 Å². The van der Waals surface area contributed by atoms with Crippen molar-refractivity contribution in [1.82, 2.24) is 0 Å². The molecule has 0 heterocycles. The number of hydrogen-bond donors (Lipinski definition) is 0. The first kappa shape index (κ1) is 14.8. The smallest absolute Gasteiger partial charge is 0.294 e. The molecule has 0 saturated heterocycles. The van der Waals surface area contributed by atoms with E-state index in [1.54, 1.807) is 6.08 Å². The number of hydrogen-bond acceptors (Lipinski definition) is 3. The number of carbonyl (C=O) groups is 1. The number of fused-ring (bicyclic) bond motifs is 1. The van der Waals surface area contributed by atoms with Crippen molar-refractivity contribution in [3.63, 3.8) is 0 Å². The molecule has 0 N–H and O–H groups in total. The minimum atomic E-state index is -5.51. The third kappa shape index (κ3) is 2.15. The van der Waals surface area contributed by atoms with Crippen molar-refractivity contribution in [2.45, 2.75) is 29.7 Å². The molecular formula is C13H11F3O3S. The second-order valence-corrected chi connectivity index (χ2v) is 6.35. The quantitative estimate of drug-likeness (QED) is 0.807. The number of allylic oxidation sites excluding steroid dienone is 1. The zero-order valence-electron chi connectivity index (χ0n) is 10.3. The van der Waals surface area contributed by atoms with E-state index in [1.165, 1.54) is 6.07 Å². The zero-order chi connectivity index (χ0) is 15.1. The fraction of sp³-hybridized carbons (Fsp3) is 0.308. The molecule has 0 atom stereocenters. The molecule has 20 heavy (non-hydrogen) atoms. The van der Waals surface area contributed by atoms with Gasteiger partial charge in [0.15, 0.2) is 5.78 Å². The normalized spacial score (nSPS) is 15.2. The van der Waals surface area contributed by atoms with E-state index in [0.717, 1.165) is 6.07 Å². The van der Waals surface area contributed by atoms with Gasteiger partial charge in [-0.25, -0.2) is 8.42 Å². The predicted molar refractivity (Wildman–Crippen MR) is 66.2 cm³/mol. The van der Waals surface area contributed by atoms with Crippen LogP contribution in [0.2, 0.25) is 0 Å². The highest BCUT2D eigenvalue weighted by molar-refractivity contribution is 7.92. The Labute approximate surface area is 114 Å². The van der Waals surface area contributed by atoms with E-state index in [0.29, 0.717) is 17.5 Å². The number of halogens is 3. The molecule has 1 aromatic carbocycles. The fourth-order valence-electron chi connectivity index (χ4n) is 2.32. The molecule has 0 unspecified atom stereocenters. The van der Waals surface area contributed by atoms with Crippen LogP contribution in [-0.2, 0) is 22.7 Å². The number of alkyl halides is 3. The Hall–Kier alpha value is -1.63. The highest BCUT2D eigenvalue weighted by atomic mass is 32.2. The molecule has 1 aromatic rings. The van der Waals surface area contributed by atoms with Crippen molar-refractivity contribution in [2.75, 3.05) is 0 Å². The maximum absolute atomic E-state index is 12.6. The third-order valence-electron chi connectivity index (χ3n) is 3.21. The molecule has 0 radical (unpaired) electrons. The molecule has 0 saturated carbocycles. The van der Waals surface area contributed by atoms with Crippen molar-refractivity contribution in [2.24, 2.45) is 0 Å². The summed E-state index contributed by atoms with van der Waals surface area (Å²) in [5.41, 5.74) is -4.69. The second-order valence-electron chi connectivity index (χ2n) is 4.44. The van der Waals surface area contributed by atoms with Crippen LogP contribution >= 0.6 is 0 Å². The largest absolute Gasteiger partial charge is 0.501 e. The average molecular weight is 304 g/mol. The molecule has 0 amide bonds. The fourth-order valence-corrected chi connectivity index (χ4v) is 3.32. The first-order valence-corrected chi connectivity index (χ1v) is 7.28. The number of Topliss-reactive ketones (excluding diaryl/α,β-unsaturated/α-hetero) is 1. The summed E-state index contributed by atoms with van der Waals surface area (Å²) in [6.07, 6.45) is 2.22. The lowest BCUT2D eigenvalue weighted by Gasteiger charge is -2.13. The topological polar surface area (TPSA) is 51.2 Å². The van der Waals surface area contributed by atoms with Crippen molar-refractivity contribution >= 4 is 15.6 Å². The lowest BCUT2D eigenvalue weighted by Crippen LogP contribution is -2.25. The molecule has 7 heteroatoms. The highest BCUT2D eigenvalue weighted by Gasteiger charge is 2.49. The van der Waals surface area contributed by atoms with Gasteiger partial charge in [-0.2, -0.15) is 13.2 Å². The molecule has 0 spiro atoms. The van der Waals surface area contributed by atoms with Gasteiger partial charge in [-0.15, -0.1) is 6.58 Å². The molecule has 108 valence electrons. The molecule has 0 aliphatic heterocycles. The Morgan fingerprint density at radius 2 is 1.90 bits per heavy atom. The van der Waals surface area contributed by atoms with E-state index >= 15 is 0 Å². The summed E-state index contributed by atoms with van der Waals surface area (Å²) >= 11 is 0. The average Bonchev–Trinajstić information content (AvgIpc) is 2.71. The van der Waals surface area contributed by atoms with E-state index < -0.39 is 26.0 Å². The van der Waals surface area contributed by atoms with Gasteiger partial charge in [-0.3, -0.25) is 4.79 Å². The molecule has 3 nitrogen and oxygen atoms in total. The van der Waals surface area contributed by atoms with Gasteiger partial charge in [-0.1, -0.05) is 12.1 Å². The predicted octanol–water partition coefficient (Wildman–Crippen LogP) is 2.84. The van der Waals surface area contributed by atoms with Gasteiger partial charge in [0, 0.05) is 12.0 Å². The monoisotopic (exact) mass is 304 g/mol. The minimum absolute atomic E-state index is 0.0316. The Morgan fingerprint density at radius 1 is 1.25 bits per heavy atom. The van der Waals surface area contributed by atoms with Crippen LogP contribution in [-0.4, -0.2) is 19.7 Å². The highest BCUT2D eigenvalue weighted by Crippen LogP contribution is 2.37. The molecule has 0 aromatic heterocycles. The van der Waals surface area contributed by atoms with Gasteiger partial charge >= 0.3 is 5.51 Å². The number of benzene rings is 1. The van der Waals surface area contributed by atoms with Gasteiger partial charge in [-0.05, 0) is 30.0 Å². The van der Waals surface area contributed by atoms with Crippen molar-refractivity contribution < 1.29 is 26.4 Å². The van der Waals surface area contributed by atoms with E-state index in [1.807, 2.05) is 0 Å². The lowest BCUT2D eigenvalue weighted by atomic mass is 10.0. The van der Waals surface area contributed by atoms with Gasteiger partial charge in [0.05, 0.1) is 4.90 Å². The third-order valence-corrected chi connectivity index (χ3v) is 4.74. The van der Waals surface area contributed by atoms with E-state index in [2.05, 4.69) is 6.58 Å². The van der Waals surface area contributed by atoms with E-state index in [-0.39, 0.29) is 18.4 Å². The van der Waals surface area contributed by atoms with Crippen LogP contribution < -0.4 is 0 Å². The number of sulfone groups is 1. The van der Waals surface area contributed by atoms with Crippen molar-refractivity contribution in [3.05, 3.63) is 41.5 Å². The van der Waals surface area contributed by atoms with Crippen LogP contribution in [0.25, 0.3) is 0 Å². The second kappa shape index (κ2) is 4.73. The van der Waals surface area contributed by atoms with Crippen LogP contribution in [0.3, 0.4) is 0 Å². The molecule has 2 rings (SSSR count). The summed E-state index contributed by atoms with van der Waals surface area (Å²) in [5, 5.41) is 0. The summed E-state index contributed by atoms with van der Waals surface area (Å²) in [5.74, 6) is -0.561. The van der Waals surface area contributed by atoms with Crippen molar-refractivity contribution in [1.29, 1.82) is 0 Å². The number of ketones is 1. The van der Waals surface area contributed by atoms with Crippen LogP contribution in [0.15, 0.2) is 29.7 Å². The zero-order valence-corrected chi connectivity index (χ0v) is 11.1.